The first kappa shape index (κ1) is 34.1. The lowest BCUT2D eigenvalue weighted by Crippen LogP contribution is -2.62. The van der Waals surface area contributed by atoms with Crippen LogP contribution in [0.3, 0.4) is 0 Å². The van der Waals surface area contributed by atoms with Crippen LogP contribution in [0.2, 0.25) is 0 Å². The number of phenols is 2. The van der Waals surface area contributed by atoms with Crippen LogP contribution in [0.4, 0.5) is 0 Å². The third-order valence-electron chi connectivity index (χ3n) is 13.4. The minimum atomic E-state index is -3.19. The number of carbonyl (C=O) groups excluding carboxylic acids is 2. The van der Waals surface area contributed by atoms with Gasteiger partial charge in [-0.3, -0.25) is 9.59 Å². The summed E-state index contributed by atoms with van der Waals surface area (Å²) < 4.78 is 28.0. The van der Waals surface area contributed by atoms with Crippen LogP contribution in [-0.2, 0) is 0 Å². The maximum Gasteiger partial charge on any atom is 0.777 e. The van der Waals surface area contributed by atoms with Crippen molar-refractivity contribution in [3.05, 3.63) is 130 Å². The molecule has 8 aromatic carbocycles. The highest BCUT2D eigenvalue weighted by molar-refractivity contribution is 6.60. The van der Waals surface area contributed by atoms with Crippen molar-refractivity contribution in [2.75, 3.05) is 0 Å². The van der Waals surface area contributed by atoms with Crippen LogP contribution in [-0.4, -0.2) is 28.7 Å². The van der Waals surface area contributed by atoms with Crippen molar-refractivity contribution in [1.29, 1.82) is 0 Å². The Kier molecular flexibility index (Phi) is 6.68. The van der Waals surface area contributed by atoms with Crippen molar-refractivity contribution in [3.8, 4) is 56.8 Å². The van der Waals surface area contributed by atoms with Crippen molar-refractivity contribution in [2.45, 2.75) is 52.4 Å². The third kappa shape index (κ3) is 4.29. The fraction of sp³-hybridized carbons (Fsp3) is 0.160. The normalized spacial score (nSPS) is 17.6. The van der Waals surface area contributed by atoms with Gasteiger partial charge in [-0.05, 0) is 93.7 Å². The summed E-state index contributed by atoms with van der Waals surface area (Å²) in [4.78, 5) is 28.7. The van der Waals surface area contributed by atoms with Crippen LogP contribution >= 0.6 is 0 Å². The monoisotopic (exact) mass is 775 g/mol. The topological polar surface area (TPSA) is 112 Å². The van der Waals surface area contributed by atoms with Crippen LogP contribution in [0.15, 0.2) is 97.1 Å². The lowest BCUT2D eigenvalue weighted by atomic mass is 9.77. The van der Waals surface area contributed by atoms with Crippen molar-refractivity contribution in [3.63, 3.8) is 0 Å². The maximum absolute atomic E-state index is 14.4. The number of hydrogen-bond acceptors (Lipinski definition) is 8. The molecule has 59 heavy (non-hydrogen) atoms. The second-order valence-corrected chi connectivity index (χ2v) is 16.5. The molecule has 0 radical (unpaired) electrons. The Morgan fingerprint density at radius 2 is 0.881 bits per heavy atom. The lowest BCUT2D eigenvalue weighted by molar-refractivity contribution is 0.102. The molecule has 2 unspecified atom stereocenters. The fourth-order valence-electron chi connectivity index (χ4n) is 10.1. The number of hydrogen-bond donors (Lipinski definition) is 2. The number of ketones is 2. The van der Waals surface area contributed by atoms with Crippen LogP contribution in [0.1, 0.15) is 95.3 Å². The van der Waals surface area contributed by atoms with Gasteiger partial charge in [0.25, 0.3) is 0 Å². The summed E-state index contributed by atoms with van der Waals surface area (Å²) in [6.45, 7) is 5.19. The van der Waals surface area contributed by atoms with E-state index in [1.165, 1.54) is 0 Å². The van der Waals surface area contributed by atoms with Crippen LogP contribution in [0, 0.1) is 0 Å². The van der Waals surface area contributed by atoms with E-state index in [1.807, 2.05) is 72.8 Å². The molecule has 9 heteroatoms. The maximum atomic E-state index is 14.4. The molecule has 8 aromatic rings. The summed E-state index contributed by atoms with van der Waals surface area (Å²) >= 11 is 0. The number of fused-ring (bicyclic) bond motifs is 8. The molecule has 0 saturated carbocycles. The first-order valence-electron chi connectivity index (χ1n) is 20.4. The van der Waals surface area contributed by atoms with Gasteiger partial charge in [-0.1, -0.05) is 88.4 Å². The summed E-state index contributed by atoms with van der Waals surface area (Å²) in [6.07, 6.45) is 1.67. The smallest absolute Gasteiger partial charge is 0.611 e. The SMILES string of the molecule is CCC(C)c1cc(O)c2c(c1)-c1c3c4c(cccc4c4cccc(c14)C2=O)O[B-]1(Oc2cccc4c2c(c2c5c(cccc54)C(=O)c4c(O)cc(C(C)CC)cc4-2)O1)O3. The lowest BCUT2D eigenvalue weighted by Gasteiger charge is -2.48. The zero-order valence-electron chi connectivity index (χ0n) is 32.7. The van der Waals surface area contributed by atoms with E-state index in [9.17, 15) is 19.8 Å². The van der Waals surface area contributed by atoms with Gasteiger partial charge in [0.15, 0.2) is 11.6 Å². The first-order chi connectivity index (χ1) is 28.6. The van der Waals surface area contributed by atoms with Gasteiger partial charge < -0.3 is 28.8 Å². The van der Waals surface area contributed by atoms with Crippen molar-refractivity contribution in [2.24, 2.45) is 0 Å². The molecule has 0 amide bonds. The summed E-state index contributed by atoms with van der Waals surface area (Å²) in [5.74, 6) is 1.27. The molecule has 2 aliphatic carbocycles. The number of rotatable bonds is 4. The molecule has 0 bridgehead atoms. The predicted molar refractivity (Wildman–Crippen MR) is 230 cm³/mol. The molecule has 288 valence electrons. The quantitative estimate of drug-likeness (QED) is 0.134. The molecule has 0 aromatic heterocycles. The molecule has 2 aliphatic heterocycles. The van der Waals surface area contributed by atoms with Crippen LogP contribution in [0.5, 0.6) is 34.5 Å². The van der Waals surface area contributed by atoms with Crippen LogP contribution in [0.25, 0.3) is 65.3 Å². The Hall–Kier alpha value is -7.00. The zero-order chi connectivity index (χ0) is 40.2. The summed E-state index contributed by atoms with van der Waals surface area (Å²) in [7, 11) is 0. The standard InChI is InChI=1S/C50H36BO8/c1-5-23(3)25-19-33-41(35(52)21-25)47(54)31-15-7-11-27-29-13-9-17-37-43(29)49(45(33)39(27)31)58-51(56-37)57-38-18-10-14-30-28-12-8-16-32-40(28)46(50(59-51)44(30)38)34-20-26(24(4)6-2)22-36(53)42(34)48(32)55/h7-24,52-53H,5-6H2,1-4H3/q-1. The second-order valence-electron chi connectivity index (χ2n) is 16.5. The number of phenolic OH excluding ortho intramolecular Hbond substituents is 2. The average molecular weight is 776 g/mol. The van der Waals surface area contributed by atoms with E-state index in [2.05, 4.69) is 27.7 Å². The minimum Gasteiger partial charge on any atom is -0.611 e. The van der Waals surface area contributed by atoms with Gasteiger partial charge in [0, 0.05) is 44.2 Å². The molecule has 8 nitrogen and oxygen atoms in total. The van der Waals surface area contributed by atoms with Crippen molar-refractivity contribution < 1.29 is 38.4 Å². The fourth-order valence-corrected chi connectivity index (χ4v) is 10.1. The molecule has 12 rings (SSSR count). The molecule has 1 spiro atoms. The van der Waals surface area contributed by atoms with Gasteiger partial charge in [-0.25, -0.2) is 0 Å². The highest BCUT2D eigenvalue weighted by Crippen LogP contribution is 2.59. The number of carbonyl (C=O) groups is 2. The molecular weight excluding hydrogens is 739 g/mol. The van der Waals surface area contributed by atoms with Gasteiger partial charge in [0.05, 0.1) is 44.9 Å². The van der Waals surface area contributed by atoms with Gasteiger partial charge in [-0.2, -0.15) is 0 Å². The van der Waals surface area contributed by atoms with E-state index < -0.39 is 6.96 Å². The molecule has 2 atom stereocenters. The minimum absolute atomic E-state index is 0.0842. The Balaban J connectivity index is 1.16. The number of aromatic hydroxyl groups is 2. The summed E-state index contributed by atoms with van der Waals surface area (Å²) in [5.41, 5.74) is 5.57. The van der Waals surface area contributed by atoms with Gasteiger partial charge in [0.2, 0.25) is 0 Å². The Morgan fingerprint density at radius 3 is 1.29 bits per heavy atom. The predicted octanol–water partition coefficient (Wildman–Crippen LogP) is 11.8. The second kappa shape index (κ2) is 11.6. The van der Waals surface area contributed by atoms with E-state index in [0.29, 0.717) is 77.9 Å². The molecule has 0 fully saturated rings. The van der Waals surface area contributed by atoms with Gasteiger partial charge in [-0.15, -0.1) is 0 Å². The van der Waals surface area contributed by atoms with E-state index in [1.54, 1.807) is 24.3 Å². The molecule has 2 heterocycles. The van der Waals surface area contributed by atoms with Gasteiger partial charge in [0.1, 0.15) is 11.5 Å². The summed E-state index contributed by atoms with van der Waals surface area (Å²) in [5, 5.41) is 29.3. The van der Waals surface area contributed by atoms with Crippen molar-refractivity contribution >= 4 is 61.6 Å². The molecule has 4 aliphatic rings. The zero-order valence-corrected chi connectivity index (χ0v) is 32.7. The average Bonchev–Trinajstić information content (AvgIpc) is 3.24. The van der Waals surface area contributed by atoms with E-state index >= 15 is 0 Å². The van der Waals surface area contributed by atoms with Crippen LogP contribution < -0.4 is 18.6 Å². The third-order valence-corrected chi connectivity index (χ3v) is 13.4. The van der Waals surface area contributed by atoms with E-state index in [-0.39, 0.29) is 46.0 Å². The Morgan fingerprint density at radius 1 is 0.492 bits per heavy atom. The Labute approximate surface area is 338 Å². The number of benzene rings is 8. The highest BCUT2D eigenvalue weighted by atomic mass is 16.9. The Bertz CT molecular complexity index is 3090. The van der Waals surface area contributed by atoms with E-state index in [0.717, 1.165) is 45.5 Å². The largest absolute Gasteiger partial charge is 0.777 e. The summed E-state index contributed by atoms with van der Waals surface area (Å²) in [6, 6.07) is 30.2. The molecule has 0 saturated heterocycles. The van der Waals surface area contributed by atoms with Gasteiger partial charge >= 0.3 is 6.96 Å². The molecule has 2 N–H and O–H groups in total. The highest BCUT2D eigenvalue weighted by Gasteiger charge is 2.51. The van der Waals surface area contributed by atoms with Crippen molar-refractivity contribution in [1.82, 2.24) is 0 Å². The van der Waals surface area contributed by atoms with E-state index in [4.69, 9.17) is 18.6 Å². The molecular formula is C50H36BO8-. The first-order valence-corrected chi connectivity index (χ1v) is 20.4.